The van der Waals surface area contributed by atoms with Crippen molar-refractivity contribution in [2.75, 3.05) is 26.3 Å². The average molecular weight is 266 g/mol. The highest BCUT2D eigenvalue weighted by atomic mass is 16.5. The third-order valence-corrected chi connectivity index (χ3v) is 4.58. The van der Waals surface area contributed by atoms with Crippen LogP contribution in [0.4, 0.5) is 0 Å². The molecule has 1 saturated heterocycles. The third-order valence-electron chi connectivity index (χ3n) is 4.58. The van der Waals surface area contributed by atoms with E-state index in [1.165, 1.54) is 12.8 Å². The molecule has 1 N–H and O–H groups in total. The molecule has 1 heterocycles. The van der Waals surface area contributed by atoms with Crippen molar-refractivity contribution >= 4 is 11.8 Å². The van der Waals surface area contributed by atoms with E-state index in [1.807, 2.05) is 0 Å². The Morgan fingerprint density at radius 3 is 2.32 bits per heavy atom. The van der Waals surface area contributed by atoms with Crippen molar-refractivity contribution in [1.82, 2.24) is 10.2 Å². The molecule has 0 bridgehead atoms. The van der Waals surface area contributed by atoms with Crippen LogP contribution in [0.25, 0.3) is 0 Å². The van der Waals surface area contributed by atoms with E-state index in [4.69, 9.17) is 4.74 Å². The summed E-state index contributed by atoms with van der Waals surface area (Å²) in [5.74, 6) is -0.0119. The zero-order valence-corrected chi connectivity index (χ0v) is 11.3. The van der Waals surface area contributed by atoms with E-state index in [1.54, 1.807) is 4.90 Å². The van der Waals surface area contributed by atoms with E-state index in [0.29, 0.717) is 45.2 Å². The Kier molecular flexibility index (Phi) is 3.48. The predicted molar refractivity (Wildman–Crippen MR) is 69.5 cm³/mol. The van der Waals surface area contributed by atoms with Crippen LogP contribution >= 0.6 is 0 Å². The molecule has 3 aliphatic rings. The summed E-state index contributed by atoms with van der Waals surface area (Å²) in [6.45, 7) is 2.42. The van der Waals surface area contributed by atoms with Crippen LogP contribution in [-0.4, -0.2) is 49.1 Å². The van der Waals surface area contributed by atoms with Gasteiger partial charge in [0.2, 0.25) is 11.8 Å². The minimum absolute atomic E-state index is 0.0197. The Hall–Kier alpha value is -1.10. The average Bonchev–Trinajstić information content (AvgIpc) is 3.11. The van der Waals surface area contributed by atoms with Gasteiger partial charge in [-0.25, -0.2) is 0 Å². The lowest BCUT2D eigenvalue weighted by Crippen LogP contribution is -2.50. The third kappa shape index (κ3) is 2.48. The van der Waals surface area contributed by atoms with Gasteiger partial charge in [-0.1, -0.05) is 12.8 Å². The number of ether oxygens (including phenoxy) is 1. The highest BCUT2D eigenvalue weighted by Crippen LogP contribution is 2.48. The quantitative estimate of drug-likeness (QED) is 0.764. The Labute approximate surface area is 113 Å². The topological polar surface area (TPSA) is 58.6 Å². The number of amides is 2. The zero-order chi connectivity index (χ0) is 13.3. The van der Waals surface area contributed by atoms with Gasteiger partial charge in [-0.3, -0.25) is 9.59 Å². The molecule has 19 heavy (non-hydrogen) atoms. The van der Waals surface area contributed by atoms with Gasteiger partial charge in [-0.15, -0.1) is 0 Å². The van der Waals surface area contributed by atoms with Gasteiger partial charge in [0.15, 0.2) is 0 Å². The second-order valence-electron chi connectivity index (χ2n) is 5.94. The van der Waals surface area contributed by atoms with E-state index in [0.717, 1.165) is 12.8 Å². The molecule has 0 aromatic heterocycles. The van der Waals surface area contributed by atoms with Crippen LogP contribution in [0, 0.1) is 5.41 Å². The molecule has 5 nitrogen and oxygen atoms in total. The van der Waals surface area contributed by atoms with Crippen LogP contribution in [-0.2, 0) is 14.3 Å². The van der Waals surface area contributed by atoms with Crippen LogP contribution in [0.15, 0.2) is 0 Å². The summed E-state index contributed by atoms with van der Waals surface area (Å²) in [5, 5.41) is 3.08. The Morgan fingerprint density at radius 2 is 1.74 bits per heavy atom. The predicted octanol–water partition coefficient (Wildman–Crippen LogP) is 0.684. The summed E-state index contributed by atoms with van der Waals surface area (Å²) < 4.78 is 5.26. The minimum Gasteiger partial charge on any atom is -0.378 e. The second kappa shape index (κ2) is 5.12. The molecule has 0 spiro atoms. The minimum atomic E-state index is -0.736. The summed E-state index contributed by atoms with van der Waals surface area (Å²) in [6.07, 6.45) is 5.93. The second-order valence-corrected chi connectivity index (χ2v) is 5.94. The Balaban J connectivity index is 1.61. The molecule has 0 atom stereocenters. The maximum absolute atomic E-state index is 12.5. The number of nitrogens with zero attached hydrogens (tertiary/aromatic N) is 1. The van der Waals surface area contributed by atoms with Crippen molar-refractivity contribution in [1.29, 1.82) is 0 Å². The van der Waals surface area contributed by atoms with E-state index >= 15 is 0 Å². The Bertz CT molecular complexity index is 367. The highest BCUT2D eigenvalue weighted by Gasteiger charge is 2.58. The van der Waals surface area contributed by atoms with E-state index in [9.17, 15) is 9.59 Å². The van der Waals surface area contributed by atoms with Gasteiger partial charge in [0, 0.05) is 19.1 Å². The molecule has 1 aliphatic heterocycles. The van der Waals surface area contributed by atoms with Crippen LogP contribution in [0.5, 0.6) is 0 Å². The van der Waals surface area contributed by atoms with Crippen LogP contribution in [0.2, 0.25) is 0 Å². The SMILES string of the molecule is O=C(NC1CCCC1)C1(C(=O)N2CCOCC2)CC1. The summed E-state index contributed by atoms with van der Waals surface area (Å²) in [4.78, 5) is 26.7. The number of rotatable bonds is 3. The molecule has 0 aromatic rings. The van der Waals surface area contributed by atoms with Crippen molar-refractivity contribution in [2.24, 2.45) is 5.41 Å². The lowest BCUT2D eigenvalue weighted by atomic mass is 10.0. The first kappa shape index (κ1) is 12.9. The number of carbonyl (C=O) groups is 2. The number of morpholine rings is 1. The van der Waals surface area contributed by atoms with Crippen molar-refractivity contribution in [2.45, 2.75) is 44.6 Å². The van der Waals surface area contributed by atoms with Gasteiger partial charge in [0.05, 0.1) is 13.2 Å². The van der Waals surface area contributed by atoms with Crippen LogP contribution < -0.4 is 5.32 Å². The summed E-state index contributed by atoms with van der Waals surface area (Å²) >= 11 is 0. The van der Waals surface area contributed by atoms with Crippen LogP contribution in [0.3, 0.4) is 0 Å². The van der Waals surface area contributed by atoms with Gasteiger partial charge in [-0.05, 0) is 25.7 Å². The van der Waals surface area contributed by atoms with Gasteiger partial charge in [-0.2, -0.15) is 0 Å². The van der Waals surface area contributed by atoms with Crippen molar-refractivity contribution in [3.8, 4) is 0 Å². The highest BCUT2D eigenvalue weighted by molar-refractivity contribution is 6.08. The van der Waals surface area contributed by atoms with Crippen LogP contribution in [0.1, 0.15) is 38.5 Å². The first-order chi connectivity index (χ1) is 9.22. The fraction of sp³-hybridized carbons (Fsp3) is 0.857. The lowest BCUT2D eigenvalue weighted by Gasteiger charge is -2.30. The van der Waals surface area contributed by atoms with Gasteiger partial charge >= 0.3 is 0 Å². The first-order valence-corrected chi connectivity index (χ1v) is 7.40. The first-order valence-electron chi connectivity index (χ1n) is 7.40. The fourth-order valence-electron chi connectivity index (χ4n) is 3.13. The monoisotopic (exact) mass is 266 g/mol. The molecular weight excluding hydrogens is 244 g/mol. The summed E-state index contributed by atoms with van der Waals surface area (Å²) in [5.41, 5.74) is -0.736. The molecule has 0 aromatic carbocycles. The maximum Gasteiger partial charge on any atom is 0.238 e. The largest absolute Gasteiger partial charge is 0.378 e. The molecule has 3 rings (SSSR count). The van der Waals surface area contributed by atoms with Gasteiger partial charge < -0.3 is 15.0 Å². The van der Waals surface area contributed by atoms with E-state index < -0.39 is 5.41 Å². The number of hydrogen-bond donors (Lipinski definition) is 1. The van der Waals surface area contributed by atoms with Gasteiger partial charge in [0.25, 0.3) is 0 Å². The molecule has 2 saturated carbocycles. The molecule has 2 amide bonds. The lowest BCUT2D eigenvalue weighted by molar-refractivity contribution is -0.147. The van der Waals surface area contributed by atoms with E-state index in [2.05, 4.69) is 5.32 Å². The van der Waals surface area contributed by atoms with E-state index in [-0.39, 0.29) is 11.8 Å². The molecule has 2 aliphatic carbocycles. The summed E-state index contributed by atoms with van der Waals surface area (Å²) in [7, 11) is 0. The molecule has 5 heteroatoms. The van der Waals surface area contributed by atoms with Gasteiger partial charge in [0.1, 0.15) is 5.41 Å². The van der Waals surface area contributed by atoms with Crippen molar-refractivity contribution in [3.63, 3.8) is 0 Å². The zero-order valence-electron chi connectivity index (χ0n) is 11.3. The molecule has 0 unspecified atom stereocenters. The normalized spacial score (nSPS) is 26.2. The maximum atomic E-state index is 12.5. The Morgan fingerprint density at radius 1 is 1.11 bits per heavy atom. The molecule has 3 fully saturated rings. The molecule has 106 valence electrons. The number of nitrogens with one attached hydrogen (secondary N) is 1. The molecule has 0 radical (unpaired) electrons. The smallest absolute Gasteiger partial charge is 0.238 e. The van der Waals surface area contributed by atoms with Crippen molar-refractivity contribution < 1.29 is 14.3 Å². The standard InChI is InChI=1S/C14H22N2O3/c17-12(15-11-3-1-2-4-11)14(5-6-14)13(18)16-7-9-19-10-8-16/h11H,1-10H2,(H,15,17). The number of carbonyl (C=O) groups excluding carboxylic acids is 2. The van der Waals surface area contributed by atoms with Crippen molar-refractivity contribution in [3.05, 3.63) is 0 Å². The molecular formula is C14H22N2O3. The number of hydrogen-bond acceptors (Lipinski definition) is 3. The fourth-order valence-corrected chi connectivity index (χ4v) is 3.13. The summed E-state index contributed by atoms with van der Waals surface area (Å²) in [6, 6.07) is 0.294.